The Kier molecular flexibility index (Phi) is 8.08. The van der Waals surface area contributed by atoms with Gasteiger partial charge in [-0.05, 0) is 56.8 Å². The minimum Gasteiger partial charge on any atom is -0.379 e. The second-order valence-electron chi connectivity index (χ2n) is 10.5. The van der Waals surface area contributed by atoms with Crippen LogP contribution < -0.4 is 0 Å². The van der Waals surface area contributed by atoms with Crippen molar-refractivity contribution in [3.63, 3.8) is 0 Å². The number of benzene rings is 2. The highest BCUT2D eigenvalue weighted by atomic mass is 79.9. The quantitative estimate of drug-likeness (QED) is 0.394. The Hall–Kier alpha value is -2.22. The molecule has 12 heteroatoms. The maximum atomic E-state index is 13.7. The van der Waals surface area contributed by atoms with Gasteiger partial charge in [0.15, 0.2) is 0 Å². The predicted molar refractivity (Wildman–Crippen MR) is 154 cm³/mol. The third kappa shape index (κ3) is 4.92. The maximum absolute atomic E-state index is 13.7. The fourth-order valence-electron chi connectivity index (χ4n) is 6.03. The van der Waals surface area contributed by atoms with Gasteiger partial charge in [-0.2, -0.15) is 0 Å². The van der Waals surface area contributed by atoms with Gasteiger partial charge in [0.25, 0.3) is 23.6 Å². The van der Waals surface area contributed by atoms with Gasteiger partial charge in [-0.15, -0.1) is 0 Å². The van der Waals surface area contributed by atoms with Crippen LogP contribution in [0.3, 0.4) is 0 Å². The summed E-state index contributed by atoms with van der Waals surface area (Å²) in [5.74, 6) is -1.66. The third-order valence-corrected chi connectivity index (χ3v) is 9.35. The molecule has 0 radical (unpaired) electrons. The molecule has 6 rings (SSSR count). The van der Waals surface area contributed by atoms with Gasteiger partial charge in [-0.25, -0.2) is 0 Å². The van der Waals surface area contributed by atoms with E-state index in [2.05, 4.69) is 41.7 Å². The Morgan fingerprint density at radius 1 is 0.575 bits per heavy atom. The summed E-state index contributed by atoms with van der Waals surface area (Å²) in [6, 6.07) is 3.25. The number of ether oxygens (including phenoxy) is 2. The van der Waals surface area contributed by atoms with Crippen LogP contribution in [-0.2, 0) is 9.47 Å². The second kappa shape index (κ2) is 11.6. The lowest BCUT2D eigenvalue weighted by Gasteiger charge is -2.34. The number of carbonyl (C=O) groups excluding carboxylic acids is 4. The van der Waals surface area contributed by atoms with E-state index in [1.807, 2.05) is 0 Å². The van der Waals surface area contributed by atoms with Crippen LogP contribution in [0.15, 0.2) is 21.1 Å². The largest absolute Gasteiger partial charge is 0.379 e. The molecule has 4 heterocycles. The number of rotatable bonds is 8. The average Bonchev–Trinajstić information content (AvgIpc) is 2.95. The zero-order valence-corrected chi connectivity index (χ0v) is 25.2. The number of morpholine rings is 2. The summed E-state index contributed by atoms with van der Waals surface area (Å²) >= 11 is 7.05. The van der Waals surface area contributed by atoms with Crippen LogP contribution in [0, 0.1) is 0 Å². The van der Waals surface area contributed by atoms with Gasteiger partial charge in [0.05, 0.1) is 37.6 Å². The SMILES string of the molecule is O=C1c2cc(Br)c3c4c(cc(Br)c(c24)C(=O)N1CCCN1CCOCC1)C(=O)N(CCCN1CCOCC1)C3=O. The van der Waals surface area contributed by atoms with Gasteiger partial charge in [0.1, 0.15) is 0 Å². The van der Waals surface area contributed by atoms with Crippen molar-refractivity contribution < 1.29 is 28.7 Å². The van der Waals surface area contributed by atoms with Crippen LogP contribution in [0.25, 0.3) is 10.8 Å². The van der Waals surface area contributed by atoms with E-state index in [4.69, 9.17) is 9.47 Å². The molecule has 0 saturated carbocycles. The zero-order valence-electron chi connectivity index (χ0n) is 22.0. The molecule has 0 atom stereocenters. The lowest BCUT2D eigenvalue weighted by atomic mass is 9.85. The highest BCUT2D eigenvalue weighted by molar-refractivity contribution is 9.10. The molecule has 212 valence electrons. The van der Waals surface area contributed by atoms with Crippen LogP contribution in [0.1, 0.15) is 54.3 Å². The summed E-state index contributed by atoms with van der Waals surface area (Å²) in [6.07, 6.45) is 1.28. The molecule has 10 nitrogen and oxygen atoms in total. The standard InChI is InChI=1S/C28H30Br2N4O6/c29-19-16-18-22-21-17(25(35)33(27(37)23(19)21)5-1-3-31-7-11-39-12-8-31)15-20(30)24(22)28(38)34(26(18)36)6-2-4-32-9-13-40-14-10-32/h15-16H,1-14H2. The van der Waals surface area contributed by atoms with Crippen molar-refractivity contribution in [3.8, 4) is 0 Å². The molecule has 0 bridgehead atoms. The lowest BCUT2D eigenvalue weighted by Crippen LogP contribution is -2.45. The number of hydrogen-bond donors (Lipinski definition) is 0. The Morgan fingerprint density at radius 3 is 1.32 bits per heavy atom. The topological polar surface area (TPSA) is 99.7 Å². The number of hydrogen-bond acceptors (Lipinski definition) is 8. The van der Waals surface area contributed by atoms with Crippen molar-refractivity contribution >= 4 is 66.3 Å². The van der Waals surface area contributed by atoms with Crippen LogP contribution in [0.4, 0.5) is 0 Å². The number of nitrogens with zero attached hydrogens (tertiary/aromatic N) is 4. The Morgan fingerprint density at radius 2 is 0.950 bits per heavy atom. The number of halogens is 2. The summed E-state index contributed by atoms with van der Waals surface area (Å²) in [5, 5.41) is 0.744. The monoisotopic (exact) mass is 676 g/mol. The van der Waals surface area contributed by atoms with Crippen molar-refractivity contribution in [2.24, 2.45) is 0 Å². The van der Waals surface area contributed by atoms with Crippen molar-refractivity contribution in [1.29, 1.82) is 0 Å². The van der Waals surface area contributed by atoms with E-state index in [-0.39, 0.29) is 13.1 Å². The predicted octanol–water partition coefficient (Wildman–Crippen LogP) is 3.00. The Labute approximate surface area is 248 Å². The van der Waals surface area contributed by atoms with Crippen LogP contribution in [0.2, 0.25) is 0 Å². The first-order chi connectivity index (χ1) is 19.4. The average molecular weight is 678 g/mol. The van der Waals surface area contributed by atoms with E-state index in [0.717, 1.165) is 39.3 Å². The molecular formula is C28H30Br2N4O6. The molecule has 0 unspecified atom stereocenters. The summed E-state index contributed by atoms with van der Waals surface area (Å²) in [7, 11) is 0. The first-order valence-electron chi connectivity index (χ1n) is 13.7. The molecule has 4 aliphatic rings. The van der Waals surface area contributed by atoms with Crippen LogP contribution >= 0.6 is 31.9 Å². The Balaban J connectivity index is 1.29. The minimum atomic E-state index is -0.418. The van der Waals surface area contributed by atoms with E-state index >= 15 is 0 Å². The van der Waals surface area contributed by atoms with E-state index in [1.165, 1.54) is 9.80 Å². The summed E-state index contributed by atoms with van der Waals surface area (Å²) in [4.78, 5) is 61.8. The summed E-state index contributed by atoms with van der Waals surface area (Å²) < 4.78 is 11.7. The van der Waals surface area contributed by atoms with Crippen LogP contribution in [0.5, 0.6) is 0 Å². The zero-order chi connectivity index (χ0) is 28.0. The molecule has 2 aromatic rings. The van der Waals surface area contributed by atoms with Crippen LogP contribution in [-0.4, -0.2) is 122 Å². The molecular weight excluding hydrogens is 648 g/mol. The third-order valence-electron chi connectivity index (χ3n) is 8.10. The number of imide groups is 2. The molecule has 4 aliphatic heterocycles. The van der Waals surface area contributed by atoms with E-state index in [0.29, 0.717) is 81.2 Å². The van der Waals surface area contributed by atoms with Crippen molar-refractivity contribution in [1.82, 2.24) is 19.6 Å². The summed E-state index contributed by atoms with van der Waals surface area (Å²) in [5.41, 5.74) is 1.26. The van der Waals surface area contributed by atoms with Gasteiger partial charge in [0.2, 0.25) is 0 Å². The van der Waals surface area contributed by atoms with Gasteiger partial charge >= 0.3 is 0 Å². The van der Waals surface area contributed by atoms with E-state index < -0.39 is 23.6 Å². The van der Waals surface area contributed by atoms with Crippen molar-refractivity contribution in [2.45, 2.75) is 12.8 Å². The fraction of sp³-hybridized carbons (Fsp3) is 0.500. The van der Waals surface area contributed by atoms with Crippen molar-refractivity contribution in [2.75, 3.05) is 78.8 Å². The molecule has 0 N–H and O–H groups in total. The highest BCUT2D eigenvalue weighted by Gasteiger charge is 2.42. The molecule has 2 aromatic carbocycles. The summed E-state index contributed by atoms with van der Waals surface area (Å²) in [6.45, 7) is 8.15. The molecule has 40 heavy (non-hydrogen) atoms. The first kappa shape index (κ1) is 27.9. The molecule has 4 amide bonds. The molecule has 0 aliphatic carbocycles. The minimum absolute atomic E-state index is 0.276. The maximum Gasteiger partial charge on any atom is 0.262 e. The molecule has 2 saturated heterocycles. The molecule has 0 aromatic heterocycles. The first-order valence-corrected chi connectivity index (χ1v) is 15.3. The normalized spacial score (nSPS) is 20.2. The highest BCUT2D eigenvalue weighted by Crippen LogP contribution is 2.44. The molecule has 2 fully saturated rings. The van der Waals surface area contributed by atoms with E-state index in [1.54, 1.807) is 12.1 Å². The number of carbonyl (C=O) groups is 4. The fourth-order valence-corrected chi connectivity index (χ4v) is 7.22. The number of amides is 4. The van der Waals surface area contributed by atoms with Crippen molar-refractivity contribution in [3.05, 3.63) is 43.3 Å². The van der Waals surface area contributed by atoms with Gasteiger partial charge < -0.3 is 9.47 Å². The van der Waals surface area contributed by atoms with E-state index in [9.17, 15) is 19.2 Å². The second-order valence-corrected chi connectivity index (χ2v) is 12.2. The smallest absolute Gasteiger partial charge is 0.262 e. The van der Waals surface area contributed by atoms with Gasteiger partial charge in [-0.1, -0.05) is 0 Å². The van der Waals surface area contributed by atoms with Gasteiger partial charge in [-0.3, -0.25) is 38.8 Å². The molecule has 0 spiro atoms. The Bertz CT molecular complexity index is 1300. The lowest BCUT2D eigenvalue weighted by molar-refractivity contribution is 0.0351. The van der Waals surface area contributed by atoms with Gasteiger partial charge in [0, 0.05) is 83.2 Å².